The first-order valence-corrected chi connectivity index (χ1v) is 6.74. The van der Waals surface area contributed by atoms with Gasteiger partial charge in [-0.05, 0) is 24.1 Å². The lowest BCUT2D eigenvalue weighted by Gasteiger charge is -2.05. The van der Waals surface area contributed by atoms with Crippen LogP contribution in [-0.2, 0) is 22.5 Å². The van der Waals surface area contributed by atoms with E-state index in [1.54, 1.807) is 0 Å². The zero-order valence-corrected chi connectivity index (χ0v) is 12.4. The van der Waals surface area contributed by atoms with Crippen LogP contribution in [0.1, 0.15) is 12.5 Å². The standard InChI is InChI=1S/C14H17N5O3/c1-3-10-4-6-11(7-5-10)15-13(20)9-19-8-12(17-18-19)16-14(21)22-2/h4-8H,3,9H2,1-2H3,(H,15,20)(H,16,21). The van der Waals surface area contributed by atoms with Gasteiger partial charge in [-0.3, -0.25) is 10.1 Å². The Morgan fingerprint density at radius 3 is 2.59 bits per heavy atom. The van der Waals surface area contributed by atoms with Gasteiger partial charge in [0, 0.05) is 5.69 Å². The molecule has 0 radical (unpaired) electrons. The number of hydrogen-bond acceptors (Lipinski definition) is 5. The second-order valence-corrected chi connectivity index (χ2v) is 4.52. The molecule has 0 aliphatic carbocycles. The largest absolute Gasteiger partial charge is 0.453 e. The van der Waals surface area contributed by atoms with Gasteiger partial charge in [-0.2, -0.15) is 0 Å². The van der Waals surface area contributed by atoms with Crippen molar-refractivity contribution in [2.24, 2.45) is 0 Å². The number of rotatable bonds is 5. The van der Waals surface area contributed by atoms with Crippen molar-refractivity contribution in [3.8, 4) is 0 Å². The first kappa shape index (κ1) is 15.5. The van der Waals surface area contributed by atoms with Gasteiger partial charge < -0.3 is 10.1 Å². The molecule has 2 N–H and O–H groups in total. The second kappa shape index (κ2) is 7.21. The van der Waals surface area contributed by atoms with Crippen molar-refractivity contribution in [2.45, 2.75) is 19.9 Å². The lowest BCUT2D eigenvalue weighted by Crippen LogP contribution is -2.19. The molecule has 0 bridgehead atoms. The molecule has 1 aromatic carbocycles. The molecule has 22 heavy (non-hydrogen) atoms. The van der Waals surface area contributed by atoms with Crippen LogP contribution in [0.25, 0.3) is 0 Å². The van der Waals surface area contributed by atoms with E-state index in [0.29, 0.717) is 0 Å². The monoisotopic (exact) mass is 303 g/mol. The van der Waals surface area contributed by atoms with Crippen LogP contribution < -0.4 is 10.6 Å². The Labute approximate surface area is 127 Å². The highest BCUT2D eigenvalue weighted by Crippen LogP contribution is 2.10. The summed E-state index contributed by atoms with van der Waals surface area (Å²) >= 11 is 0. The van der Waals surface area contributed by atoms with Gasteiger partial charge in [0.25, 0.3) is 0 Å². The predicted molar refractivity (Wildman–Crippen MR) is 80.5 cm³/mol. The summed E-state index contributed by atoms with van der Waals surface area (Å²) in [6.07, 6.45) is 1.74. The Kier molecular flexibility index (Phi) is 5.07. The second-order valence-electron chi connectivity index (χ2n) is 4.52. The van der Waals surface area contributed by atoms with E-state index in [0.717, 1.165) is 12.1 Å². The third-order valence-electron chi connectivity index (χ3n) is 2.91. The smallest absolute Gasteiger partial charge is 0.412 e. The summed E-state index contributed by atoms with van der Waals surface area (Å²) in [5, 5.41) is 12.6. The molecule has 0 saturated heterocycles. The van der Waals surface area contributed by atoms with Gasteiger partial charge in [0.15, 0.2) is 5.82 Å². The Morgan fingerprint density at radius 1 is 1.23 bits per heavy atom. The molecule has 2 aromatic rings. The molecule has 0 aliphatic rings. The van der Waals surface area contributed by atoms with Crippen molar-refractivity contribution < 1.29 is 14.3 Å². The first-order chi connectivity index (χ1) is 10.6. The fraction of sp³-hybridized carbons (Fsp3) is 0.286. The topological polar surface area (TPSA) is 98.1 Å². The molecular formula is C14H17N5O3. The number of aromatic nitrogens is 3. The van der Waals surface area contributed by atoms with Crippen LogP contribution in [0.4, 0.5) is 16.3 Å². The number of aryl methyl sites for hydroxylation is 1. The Balaban J connectivity index is 1.89. The molecule has 2 amide bonds. The fourth-order valence-electron chi connectivity index (χ4n) is 1.76. The Hall–Kier alpha value is -2.90. The number of carbonyl (C=O) groups excluding carboxylic acids is 2. The molecule has 0 spiro atoms. The highest BCUT2D eigenvalue weighted by molar-refractivity contribution is 5.90. The van der Waals surface area contributed by atoms with Gasteiger partial charge in [0.05, 0.1) is 13.3 Å². The molecule has 8 heteroatoms. The minimum atomic E-state index is -0.646. The fourth-order valence-corrected chi connectivity index (χ4v) is 1.76. The molecule has 1 aromatic heterocycles. The molecule has 116 valence electrons. The lowest BCUT2D eigenvalue weighted by atomic mass is 10.1. The quantitative estimate of drug-likeness (QED) is 0.875. The molecule has 0 unspecified atom stereocenters. The maximum absolute atomic E-state index is 11.9. The molecule has 8 nitrogen and oxygen atoms in total. The Morgan fingerprint density at radius 2 is 1.95 bits per heavy atom. The summed E-state index contributed by atoms with van der Waals surface area (Å²) in [6.45, 7) is 2.06. The van der Waals surface area contributed by atoms with E-state index < -0.39 is 6.09 Å². The molecular weight excluding hydrogens is 286 g/mol. The average Bonchev–Trinajstić information content (AvgIpc) is 2.94. The molecule has 2 rings (SSSR count). The zero-order chi connectivity index (χ0) is 15.9. The highest BCUT2D eigenvalue weighted by Gasteiger charge is 2.08. The summed E-state index contributed by atoms with van der Waals surface area (Å²) in [6, 6.07) is 7.62. The van der Waals surface area contributed by atoms with Crippen molar-refractivity contribution in [1.29, 1.82) is 0 Å². The van der Waals surface area contributed by atoms with Crippen molar-refractivity contribution in [1.82, 2.24) is 15.0 Å². The first-order valence-electron chi connectivity index (χ1n) is 6.74. The predicted octanol–water partition coefficient (Wildman–Crippen LogP) is 1.66. The Bertz CT molecular complexity index is 651. The van der Waals surface area contributed by atoms with Crippen molar-refractivity contribution >= 4 is 23.5 Å². The zero-order valence-electron chi connectivity index (χ0n) is 12.4. The third-order valence-corrected chi connectivity index (χ3v) is 2.91. The molecule has 0 fully saturated rings. The number of hydrogen-bond donors (Lipinski definition) is 2. The summed E-state index contributed by atoms with van der Waals surface area (Å²) in [5.41, 5.74) is 1.92. The van der Waals surface area contributed by atoms with Crippen LogP contribution in [0.2, 0.25) is 0 Å². The lowest BCUT2D eigenvalue weighted by molar-refractivity contribution is -0.116. The van der Waals surface area contributed by atoms with Crippen LogP contribution in [0.15, 0.2) is 30.5 Å². The van der Waals surface area contributed by atoms with Gasteiger partial charge in [0.2, 0.25) is 5.91 Å². The molecule has 0 atom stereocenters. The van der Waals surface area contributed by atoms with E-state index in [1.807, 2.05) is 24.3 Å². The molecule has 0 aliphatic heterocycles. The number of benzene rings is 1. The summed E-state index contributed by atoms with van der Waals surface area (Å²) in [4.78, 5) is 22.9. The van der Waals surface area contributed by atoms with Crippen LogP contribution in [0.3, 0.4) is 0 Å². The van der Waals surface area contributed by atoms with E-state index in [9.17, 15) is 9.59 Å². The van der Waals surface area contributed by atoms with Crippen LogP contribution in [-0.4, -0.2) is 34.1 Å². The van der Waals surface area contributed by atoms with Gasteiger partial charge in [-0.1, -0.05) is 24.3 Å². The van der Waals surface area contributed by atoms with E-state index in [1.165, 1.54) is 23.6 Å². The average molecular weight is 303 g/mol. The number of ether oxygens (including phenoxy) is 1. The van der Waals surface area contributed by atoms with Gasteiger partial charge in [-0.25, -0.2) is 9.48 Å². The highest BCUT2D eigenvalue weighted by atomic mass is 16.5. The van der Waals surface area contributed by atoms with Crippen molar-refractivity contribution in [3.63, 3.8) is 0 Å². The van der Waals surface area contributed by atoms with Gasteiger partial charge >= 0.3 is 6.09 Å². The van der Waals surface area contributed by atoms with Crippen molar-refractivity contribution in [2.75, 3.05) is 17.7 Å². The van der Waals surface area contributed by atoms with Gasteiger partial charge in [0.1, 0.15) is 6.54 Å². The van der Waals surface area contributed by atoms with E-state index >= 15 is 0 Å². The molecule has 0 saturated carbocycles. The van der Waals surface area contributed by atoms with Crippen LogP contribution in [0.5, 0.6) is 0 Å². The van der Waals surface area contributed by atoms with E-state index in [4.69, 9.17) is 0 Å². The minimum Gasteiger partial charge on any atom is -0.453 e. The van der Waals surface area contributed by atoms with Crippen molar-refractivity contribution in [3.05, 3.63) is 36.0 Å². The molecule has 1 heterocycles. The number of anilines is 2. The van der Waals surface area contributed by atoms with E-state index in [-0.39, 0.29) is 18.3 Å². The SMILES string of the molecule is CCc1ccc(NC(=O)Cn2cc(NC(=O)OC)nn2)cc1. The summed E-state index contributed by atoms with van der Waals surface area (Å²) < 4.78 is 5.76. The van der Waals surface area contributed by atoms with Gasteiger partial charge in [-0.15, -0.1) is 5.10 Å². The number of methoxy groups -OCH3 is 1. The maximum atomic E-state index is 11.9. The summed E-state index contributed by atoms with van der Waals surface area (Å²) in [5.74, 6) is -0.0225. The van der Waals surface area contributed by atoms with Crippen LogP contribution in [0, 0.1) is 0 Å². The summed E-state index contributed by atoms with van der Waals surface area (Å²) in [7, 11) is 1.25. The third kappa shape index (κ3) is 4.30. The minimum absolute atomic E-state index is 0.00855. The number of carbonyl (C=O) groups is 2. The van der Waals surface area contributed by atoms with Crippen LogP contribution >= 0.6 is 0 Å². The van der Waals surface area contributed by atoms with E-state index in [2.05, 4.69) is 32.6 Å². The number of nitrogens with one attached hydrogen (secondary N) is 2. The number of nitrogens with zero attached hydrogens (tertiary/aromatic N) is 3. The normalized spacial score (nSPS) is 10.1. The maximum Gasteiger partial charge on any atom is 0.412 e. The number of amides is 2.